The molecule has 1 atom stereocenters. The number of fused-ring (bicyclic) bond motifs is 1. The Morgan fingerprint density at radius 2 is 1.84 bits per heavy atom. The third-order valence-electron chi connectivity index (χ3n) is 5.22. The number of hydrogen-bond acceptors (Lipinski definition) is 4. The summed E-state index contributed by atoms with van der Waals surface area (Å²) >= 11 is 0. The Bertz CT molecular complexity index is 1220. The van der Waals surface area contributed by atoms with Crippen LogP contribution >= 0.6 is 0 Å². The van der Waals surface area contributed by atoms with Gasteiger partial charge in [0, 0.05) is 30.5 Å². The Labute approximate surface area is 179 Å². The normalized spacial score (nSPS) is 12.1. The third kappa shape index (κ3) is 4.21. The second-order valence-corrected chi connectivity index (χ2v) is 7.69. The zero-order chi connectivity index (χ0) is 22.0. The number of amides is 2. The molecule has 1 aromatic carbocycles. The first kappa shape index (κ1) is 20.4. The molecule has 4 aromatic rings. The second kappa shape index (κ2) is 8.47. The highest BCUT2D eigenvalue weighted by molar-refractivity contribution is 5.96. The quantitative estimate of drug-likeness (QED) is 0.442. The molecule has 31 heavy (non-hydrogen) atoms. The number of likely N-dealkylation sites (N-methyl/N-ethyl adjacent to an activating group) is 1. The number of carbonyl (C=O) groups excluding carboxylic acids is 2. The lowest BCUT2D eigenvalue weighted by atomic mass is 10.0. The fourth-order valence-corrected chi connectivity index (χ4v) is 3.44. The Hall–Kier alpha value is -3.87. The van der Waals surface area contributed by atoms with Gasteiger partial charge < -0.3 is 20.0 Å². The maximum Gasteiger partial charge on any atom is 0.287 e. The maximum atomic E-state index is 12.5. The van der Waals surface area contributed by atoms with Gasteiger partial charge >= 0.3 is 0 Å². The van der Waals surface area contributed by atoms with E-state index in [-0.39, 0.29) is 17.6 Å². The summed E-state index contributed by atoms with van der Waals surface area (Å²) in [6.07, 6.45) is 3.70. The molecule has 0 fully saturated rings. The molecule has 158 valence electrons. The summed E-state index contributed by atoms with van der Waals surface area (Å²) < 4.78 is 5.71. The first-order valence-electron chi connectivity index (χ1n) is 10.1. The number of pyridine rings is 1. The van der Waals surface area contributed by atoms with Crippen molar-refractivity contribution in [2.45, 2.75) is 19.9 Å². The van der Waals surface area contributed by atoms with E-state index in [1.807, 2.05) is 38.2 Å². The molecule has 7 heteroatoms. The number of benzene rings is 1. The molecule has 2 amide bonds. The van der Waals surface area contributed by atoms with E-state index in [9.17, 15) is 9.59 Å². The average molecular weight is 416 g/mol. The van der Waals surface area contributed by atoms with Crippen molar-refractivity contribution in [3.05, 3.63) is 66.7 Å². The van der Waals surface area contributed by atoms with E-state index < -0.39 is 11.9 Å². The van der Waals surface area contributed by atoms with Crippen LogP contribution in [-0.4, -0.2) is 34.9 Å². The minimum Gasteiger partial charge on any atom is -0.449 e. The lowest BCUT2D eigenvalue weighted by Gasteiger charge is -2.19. The molecular weight excluding hydrogens is 392 g/mol. The first-order valence-corrected chi connectivity index (χ1v) is 10.1. The number of carbonyl (C=O) groups is 2. The highest BCUT2D eigenvalue weighted by Gasteiger charge is 2.25. The Morgan fingerprint density at radius 1 is 1.03 bits per heavy atom. The number of aromatic nitrogens is 2. The minimum absolute atomic E-state index is 0.0576. The van der Waals surface area contributed by atoms with Gasteiger partial charge in [-0.3, -0.25) is 14.6 Å². The van der Waals surface area contributed by atoms with Crippen molar-refractivity contribution < 1.29 is 14.0 Å². The van der Waals surface area contributed by atoms with Crippen LogP contribution in [0.3, 0.4) is 0 Å². The van der Waals surface area contributed by atoms with Crippen molar-refractivity contribution in [3.8, 4) is 22.6 Å². The van der Waals surface area contributed by atoms with E-state index in [2.05, 4.69) is 38.8 Å². The summed E-state index contributed by atoms with van der Waals surface area (Å²) in [6.45, 7) is 3.74. The second-order valence-electron chi connectivity index (χ2n) is 7.69. The minimum atomic E-state index is -0.638. The topological polar surface area (TPSA) is 100 Å². The summed E-state index contributed by atoms with van der Waals surface area (Å²) in [7, 11) is 1.54. The van der Waals surface area contributed by atoms with Crippen LogP contribution in [0.2, 0.25) is 0 Å². The summed E-state index contributed by atoms with van der Waals surface area (Å²) in [5, 5.41) is 6.45. The fraction of sp³-hybridized carbons (Fsp3) is 0.208. The number of hydrogen-bond donors (Lipinski definition) is 3. The Kier molecular flexibility index (Phi) is 5.58. The number of furan rings is 1. The van der Waals surface area contributed by atoms with E-state index in [1.165, 1.54) is 0 Å². The van der Waals surface area contributed by atoms with Crippen molar-refractivity contribution in [1.82, 2.24) is 20.6 Å². The summed E-state index contributed by atoms with van der Waals surface area (Å²) in [5.41, 5.74) is 3.73. The van der Waals surface area contributed by atoms with Crippen LogP contribution in [0, 0.1) is 5.92 Å². The Morgan fingerprint density at radius 3 is 2.55 bits per heavy atom. The number of rotatable bonds is 6. The molecule has 3 heterocycles. The standard InChI is InChI=1S/C24H24N4O3/c1-14(2)22(24(30)25-3)28-23(29)21-9-8-20(31-21)18-7-6-17(13-27-18)16-5-4-15-10-11-26-19(15)12-16/h4-14,22,26H,1-3H3,(H,25,30)(H,28,29). The van der Waals surface area contributed by atoms with Gasteiger partial charge in [-0.2, -0.15) is 0 Å². The van der Waals surface area contributed by atoms with Crippen molar-refractivity contribution >= 4 is 22.7 Å². The number of nitrogens with one attached hydrogen (secondary N) is 3. The summed E-state index contributed by atoms with van der Waals surface area (Å²) in [5.74, 6) is -0.128. The summed E-state index contributed by atoms with van der Waals surface area (Å²) in [6, 6.07) is 14.7. The molecule has 0 aliphatic heterocycles. The van der Waals surface area contributed by atoms with Crippen molar-refractivity contribution in [2.75, 3.05) is 7.05 Å². The van der Waals surface area contributed by atoms with E-state index in [4.69, 9.17) is 4.42 Å². The predicted octanol–water partition coefficient (Wildman–Crippen LogP) is 3.99. The average Bonchev–Trinajstić information content (AvgIpc) is 3.46. The van der Waals surface area contributed by atoms with Crippen LogP contribution in [0.5, 0.6) is 0 Å². The van der Waals surface area contributed by atoms with Crippen LogP contribution in [0.25, 0.3) is 33.5 Å². The van der Waals surface area contributed by atoms with Gasteiger partial charge in [0.15, 0.2) is 11.5 Å². The molecule has 7 nitrogen and oxygen atoms in total. The molecular formula is C24H24N4O3. The van der Waals surface area contributed by atoms with Crippen LogP contribution in [0.4, 0.5) is 0 Å². The number of H-pyrrole nitrogens is 1. The predicted molar refractivity (Wildman–Crippen MR) is 119 cm³/mol. The highest BCUT2D eigenvalue weighted by atomic mass is 16.4. The highest BCUT2D eigenvalue weighted by Crippen LogP contribution is 2.26. The smallest absolute Gasteiger partial charge is 0.287 e. The maximum absolute atomic E-state index is 12.5. The van der Waals surface area contributed by atoms with Crippen molar-refractivity contribution in [3.63, 3.8) is 0 Å². The van der Waals surface area contributed by atoms with Gasteiger partial charge in [0.05, 0.1) is 0 Å². The molecule has 4 rings (SSSR count). The molecule has 0 aliphatic rings. The van der Waals surface area contributed by atoms with Crippen LogP contribution in [-0.2, 0) is 4.79 Å². The number of aromatic amines is 1. The molecule has 3 N–H and O–H groups in total. The zero-order valence-corrected chi connectivity index (χ0v) is 17.6. The molecule has 0 spiro atoms. The molecule has 0 saturated carbocycles. The third-order valence-corrected chi connectivity index (χ3v) is 5.22. The van der Waals surface area contributed by atoms with Crippen molar-refractivity contribution in [2.24, 2.45) is 5.92 Å². The molecule has 0 saturated heterocycles. The van der Waals surface area contributed by atoms with Gasteiger partial charge in [-0.05, 0) is 47.2 Å². The van der Waals surface area contributed by atoms with Gasteiger partial charge in [0.2, 0.25) is 5.91 Å². The van der Waals surface area contributed by atoms with Crippen LogP contribution < -0.4 is 10.6 Å². The van der Waals surface area contributed by atoms with E-state index >= 15 is 0 Å². The van der Waals surface area contributed by atoms with Gasteiger partial charge in [-0.25, -0.2) is 0 Å². The van der Waals surface area contributed by atoms with Crippen LogP contribution in [0.15, 0.2) is 65.3 Å². The fourth-order valence-electron chi connectivity index (χ4n) is 3.44. The lowest BCUT2D eigenvalue weighted by Crippen LogP contribution is -2.48. The largest absolute Gasteiger partial charge is 0.449 e. The van der Waals surface area contributed by atoms with E-state index in [0.717, 1.165) is 22.0 Å². The molecule has 0 bridgehead atoms. The van der Waals surface area contributed by atoms with Crippen LogP contribution in [0.1, 0.15) is 24.4 Å². The Balaban J connectivity index is 1.50. The van der Waals surface area contributed by atoms with Gasteiger partial charge in [0.25, 0.3) is 5.91 Å². The van der Waals surface area contributed by atoms with Gasteiger partial charge in [0.1, 0.15) is 11.7 Å². The van der Waals surface area contributed by atoms with Gasteiger partial charge in [-0.1, -0.05) is 32.0 Å². The van der Waals surface area contributed by atoms with Gasteiger partial charge in [-0.15, -0.1) is 0 Å². The lowest BCUT2D eigenvalue weighted by molar-refractivity contribution is -0.123. The monoisotopic (exact) mass is 416 g/mol. The molecule has 3 aromatic heterocycles. The molecule has 0 aliphatic carbocycles. The van der Waals surface area contributed by atoms with Crippen molar-refractivity contribution in [1.29, 1.82) is 0 Å². The SMILES string of the molecule is CNC(=O)C(NC(=O)c1ccc(-c2ccc(-c3ccc4cc[nH]c4c3)cn2)o1)C(C)C. The first-order chi connectivity index (χ1) is 15.0. The number of nitrogens with zero attached hydrogens (tertiary/aromatic N) is 1. The molecule has 0 radical (unpaired) electrons. The summed E-state index contributed by atoms with van der Waals surface area (Å²) in [4.78, 5) is 32.2. The molecule has 1 unspecified atom stereocenters. The van der Waals surface area contributed by atoms with E-state index in [0.29, 0.717) is 11.5 Å². The zero-order valence-electron chi connectivity index (χ0n) is 17.6. The van der Waals surface area contributed by atoms with E-state index in [1.54, 1.807) is 25.4 Å².